The van der Waals surface area contributed by atoms with Crippen LogP contribution in [0.4, 0.5) is 0 Å². The van der Waals surface area contributed by atoms with Gasteiger partial charge in [0.2, 0.25) is 0 Å². The Balaban J connectivity index is 2.22. The molecule has 1 N–H and O–H groups in total. The van der Waals surface area contributed by atoms with Gasteiger partial charge in [0.05, 0.1) is 6.61 Å². The Kier molecular flexibility index (Phi) is 3.97. The lowest BCUT2D eigenvalue weighted by atomic mass is 9.97. The lowest BCUT2D eigenvalue weighted by molar-refractivity contribution is 0.285. The summed E-state index contributed by atoms with van der Waals surface area (Å²) < 4.78 is 0. The maximum absolute atomic E-state index is 9.06. The van der Waals surface area contributed by atoms with Gasteiger partial charge in [0.25, 0.3) is 0 Å². The van der Waals surface area contributed by atoms with Crippen LogP contribution in [0, 0.1) is 0 Å². The molecular weight excluding hydrogens is 228 g/mol. The summed E-state index contributed by atoms with van der Waals surface area (Å²) in [5, 5.41) is 9.06. The van der Waals surface area contributed by atoms with Gasteiger partial charge in [-0.2, -0.15) is 0 Å². The molecule has 17 heavy (non-hydrogen) atoms. The minimum Gasteiger partial charge on any atom is -0.391 e. The van der Waals surface area contributed by atoms with Gasteiger partial charge < -0.3 is 5.11 Å². The average molecular weight is 246 g/mol. The van der Waals surface area contributed by atoms with Gasteiger partial charge in [0.15, 0.2) is 0 Å². The van der Waals surface area contributed by atoms with Crippen LogP contribution >= 0.6 is 11.3 Å². The summed E-state index contributed by atoms with van der Waals surface area (Å²) in [5.74, 6) is 0.625. The second-order valence-corrected chi connectivity index (χ2v) is 5.52. The van der Waals surface area contributed by atoms with E-state index in [1.807, 2.05) is 6.07 Å². The third kappa shape index (κ3) is 2.76. The molecule has 0 saturated carbocycles. The fraction of sp³-hybridized carbons (Fsp3) is 0.333. The standard InChI is InChI=1S/C15H18OS/c1-3-11(2)12-4-6-13(7-5-12)15-9-8-14(10-16)17-15/h4-9,11,16H,3,10H2,1-2H3. The summed E-state index contributed by atoms with van der Waals surface area (Å²) in [6, 6.07) is 12.8. The van der Waals surface area contributed by atoms with E-state index in [2.05, 4.69) is 44.2 Å². The smallest absolute Gasteiger partial charge is 0.0774 e. The fourth-order valence-corrected chi connectivity index (χ4v) is 2.70. The zero-order chi connectivity index (χ0) is 12.3. The first kappa shape index (κ1) is 12.3. The number of hydrogen-bond acceptors (Lipinski definition) is 2. The summed E-state index contributed by atoms with van der Waals surface area (Å²) in [5.41, 5.74) is 2.64. The minimum atomic E-state index is 0.135. The molecule has 0 spiro atoms. The summed E-state index contributed by atoms with van der Waals surface area (Å²) in [4.78, 5) is 2.25. The highest BCUT2D eigenvalue weighted by Gasteiger charge is 2.05. The van der Waals surface area contributed by atoms with Gasteiger partial charge in [0, 0.05) is 9.75 Å². The maximum atomic E-state index is 9.06. The van der Waals surface area contributed by atoms with Crippen molar-refractivity contribution in [2.45, 2.75) is 32.8 Å². The zero-order valence-corrected chi connectivity index (χ0v) is 11.1. The van der Waals surface area contributed by atoms with E-state index >= 15 is 0 Å². The van der Waals surface area contributed by atoms with E-state index in [4.69, 9.17) is 5.11 Å². The highest BCUT2D eigenvalue weighted by molar-refractivity contribution is 7.15. The number of thiophene rings is 1. The van der Waals surface area contributed by atoms with Crippen molar-refractivity contribution in [3.63, 3.8) is 0 Å². The molecule has 2 heteroatoms. The van der Waals surface area contributed by atoms with Gasteiger partial charge >= 0.3 is 0 Å². The number of benzene rings is 1. The quantitative estimate of drug-likeness (QED) is 0.846. The van der Waals surface area contributed by atoms with Crippen LogP contribution in [0.2, 0.25) is 0 Å². The van der Waals surface area contributed by atoms with Crippen molar-refractivity contribution < 1.29 is 5.11 Å². The zero-order valence-electron chi connectivity index (χ0n) is 10.3. The molecule has 1 heterocycles. The molecule has 90 valence electrons. The molecule has 0 aliphatic carbocycles. The predicted octanol–water partition coefficient (Wildman–Crippen LogP) is 4.42. The molecule has 2 rings (SSSR count). The Labute approximate surface area is 107 Å². The van der Waals surface area contributed by atoms with Gasteiger partial charge in [-0.1, -0.05) is 38.1 Å². The molecule has 2 aromatic rings. The molecule has 0 radical (unpaired) electrons. The van der Waals surface area contributed by atoms with Crippen LogP contribution in [0.15, 0.2) is 36.4 Å². The van der Waals surface area contributed by atoms with Gasteiger partial charge in [-0.15, -0.1) is 11.3 Å². The lowest BCUT2D eigenvalue weighted by Crippen LogP contribution is -1.90. The highest BCUT2D eigenvalue weighted by atomic mass is 32.1. The topological polar surface area (TPSA) is 20.2 Å². The first-order chi connectivity index (χ1) is 8.24. The lowest BCUT2D eigenvalue weighted by Gasteiger charge is -2.09. The highest BCUT2D eigenvalue weighted by Crippen LogP contribution is 2.29. The fourth-order valence-electron chi connectivity index (χ4n) is 1.83. The predicted molar refractivity (Wildman–Crippen MR) is 74.4 cm³/mol. The summed E-state index contributed by atoms with van der Waals surface area (Å²) in [6.07, 6.45) is 1.17. The van der Waals surface area contributed by atoms with Crippen LogP contribution in [0.3, 0.4) is 0 Å². The molecule has 0 aliphatic rings. The first-order valence-corrected chi connectivity index (χ1v) is 6.86. The van der Waals surface area contributed by atoms with Crippen LogP contribution < -0.4 is 0 Å². The Morgan fingerprint density at radius 3 is 2.35 bits per heavy atom. The van der Waals surface area contributed by atoms with E-state index in [-0.39, 0.29) is 6.61 Å². The molecule has 1 aromatic carbocycles. The number of aliphatic hydroxyl groups excluding tert-OH is 1. The van der Waals surface area contributed by atoms with E-state index in [1.165, 1.54) is 22.4 Å². The van der Waals surface area contributed by atoms with Crippen molar-refractivity contribution in [3.8, 4) is 10.4 Å². The Morgan fingerprint density at radius 1 is 1.12 bits per heavy atom. The van der Waals surface area contributed by atoms with Crippen molar-refractivity contribution in [2.75, 3.05) is 0 Å². The third-order valence-electron chi connectivity index (χ3n) is 3.19. The van der Waals surface area contributed by atoms with Crippen molar-refractivity contribution in [3.05, 3.63) is 46.8 Å². The molecule has 1 aromatic heterocycles. The number of rotatable bonds is 4. The molecule has 1 unspecified atom stereocenters. The van der Waals surface area contributed by atoms with Gasteiger partial charge in [-0.05, 0) is 35.6 Å². The van der Waals surface area contributed by atoms with Crippen LogP contribution in [0.1, 0.15) is 36.6 Å². The van der Waals surface area contributed by atoms with Crippen LogP contribution in [0.5, 0.6) is 0 Å². The molecule has 0 saturated heterocycles. The van der Waals surface area contributed by atoms with Crippen molar-refractivity contribution in [1.29, 1.82) is 0 Å². The van der Waals surface area contributed by atoms with Crippen molar-refractivity contribution in [2.24, 2.45) is 0 Å². The van der Waals surface area contributed by atoms with E-state index in [1.54, 1.807) is 11.3 Å². The Morgan fingerprint density at radius 2 is 1.82 bits per heavy atom. The summed E-state index contributed by atoms with van der Waals surface area (Å²) in [7, 11) is 0. The Bertz CT molecular complexity index is 470. The average Bonchev–Trinajstić information content (AvgIpc) is 2.87. The van der Waals surface area contributed by atoms with E-state index in [0.717, 1.165) is 4.88 Å². The van der Waals surface area contributed by atoms with E-state index in [9.17, 15) is 0 Å². The van der Waals surface area contributed by atoms with Crippen LogP contribution in [-0.4, -0.2) is 5.11 Å². The van der Waals surface area contributed by atoms with Gasteiger partial charge in [-0.3, -0.25) is 0 Å². The normalized spacial score (nSPS) is 12.6. The third-order valence-corrected chi connectivity index (χ3v) is 4.31. The first-order valence-electron chi connectivity index (χ1n) is 6.04. The molecule has 0 aliphatic heterocycles. The number of hydrogen-bond donors (Lipinski definition) is 1. The monoisotopic (exact) mass is 246 g/mol. The van der Waals surface area contributed by atoms with Gasteiger partial charge in [-0.25, -0.2) is 0 Å². The van der Waals surface area contributed by atoms with E-state index < -0.39 is 0 Å². The summed E-state index contributed by atoms with van der Waals surface area (Å²) in [6.45, 7) is 4.60. The Hall–Kier alpha value is -1.12. The van der Waals surface area contributed by atoms with Gasteiger partial charge in [0.1, 0.15) is 0 Å². The molecule has 1 nitrogen and oxygen atoms in total. The second-order valence-electron chi connectivity index (χ2n) is 4.36. The van der Waals surface area contributed by atoms with Crippen molar-refractivity contribution in [1.82, 2.24) is 0 Å². The van der Waals surface area contributed by atoms with Crippen molar-refractivity contribution >= 4 is 11.3 Å². The van der Waals surface area contributed by atoms with Crippen LogP contribution in [-0.2, 0) is 6.61 Å². The molecule has 0 bridgehead atoms. The molecular formula is C15H18OS. The molecule has 0 fully saturated rings. The molecule has 0 amide bonds. The largest absolute Gasteiger partial charge is 0.391 e. The van der Waals surface area contributed by atoms with E-state index in [0.29, 0.717) is 5.92 Å². The minimum absolute atomic E-state index is 0.135. The SMILES string of the molecule is CCC(C)c1ccc(-c2ccc(CO)s2)cc1. The maximum Gasteiger partial charge on any atom is 0.0774 e. The van der Waals surface area contributed by atoms with Crippen LogP contribution in [0.25, 0.3) is 10.4 Å². The molecule has 1 atom stereocenters. The number of aliphatic hydroxyl groups is 1. The second kappa shape index (κ2) is 5.48. The summed E-state index contributed by atoms with van der Waals surface area (Å²) >= 11 is 1.66.